The van der Waals surface area contributed by atoms with Crippen LogP contribution in [0.4, 0.5) is 0 Å². The van der Waals surface area contributed by atoms with Gasteiger partial charge in [-0.1, -0.05) is 12.1 Å². The van der Waals surface area contributed by atoms with E-state index in [1.165, 1.54) is 4.90 Å². The third-order valence-corrected chi connectivity index (χ3v) is 4.57. The Kier molecular flexibility index (Phi) is 3.14. The maximum Gasteiger partial charge on any atom is 0.261 e. The normalized spacial score (nSPS) is 14.0. The third kappa shape index (κ3) is 2.04. The van der Waals surface area contributed by atoms with Crippen molar-refractivity contribution in [3.63, 3.8) is 0 Å². The van der Waals surface area contributed by atoms with Crippen molar-refractivity contribution in [1.82, 2.24) is 9.88 Å². The molecule has 0 aliphatic carbocycles. The number of fused-ring (bicyclic) bond motifs is 1. The summed E-state index contributed by atoms with van der Waals surface area (Å²) < 4.78 is 0. The molecule has 5 heteroatoms. The summed E-state index contributed by atoms with van der Waals surface area (Å²) in [6.45, 7) is 4.33. The van der Waals surface area contributed by atoms with Gasteiger partial charge in [-0.3, -0.25) is 14.5 Å². The third-order valence-electron chi connectivity index (χ3n) is 3.44. The Morgan fingerprint density at radius 2 is 1.70 bits per heavy atom. The van der Waals surface area contributed by atoms with Gasteiger partial charge in [0.15, 0.2) is 0 Å². The Morgan fingerprint density at radius 3 is 2.20 bits per heavy atom. The molecule has 102 valence electrons. The molecule has 1 aromatic carbocycles. The number of thiazole rings is 1. The highest BCUT2D eigenvalue weighted by Gasteiger charge is 2.34. The molecule has 1 aliphatic heterocycles. The van der Waals surface area contributed by atoms with Crippen LogP contribution < -0.4 is 0 Å². The molecule has 0 bridgehead atoms. The highest BCUT2D eigenvalue weighted by atomic mass is 32.1. The number of hydrogen-bond donors (Lipinski definition) is 0. The van der Waals surface area contributed by atoms with E-state index in [4.69, 9.17) is 0 Å². The standard InChI is InChI=1S/C15H14N2O2S/c1-9-13(20-10(2)16-9)7-8-17-14(18)11-5-3-4-6-12(11)15(17)19/h3-6H,7-8H2,1-2H3. The van der Waals surface area contributed by atoms with Crippen molar-refractivity contribution >= 4 is 23.2 Å². The van der Waals surface area contributed by atoms with Gasteiger partial charge in [0.2, 0.25) is 0 Å². The van der Waals surface area contributed by atoms with E-state index in [-0.39, 0.29) is 11.8 Å². The van der Waals surface area contributed by atoms with Crippen LogP contribution >= 0.6 is 11.3 Å². The summed E-state index contributed by atoms with van der Waals surface area (Å²) in [6.07, 6.45) is 0.669. The van der Waals surface area contributed by atoms with Gasteiger partial charge in [-0.25, -0.2) is 4.98 Å². The smallest absolute Gasteiger partial charge is 0.261 e. The quantitative estimate of drug-likeness (QED) is 0.815. The van der Waals surface area contributed by atoms with Gasteiger partial charge in [-0.15, -0.1) is 11.3 Å². The first-order valence-corrected chi connectivity index (χ1v) is 7.27. The maximum absolute atomic E-state index is 12.2. The summed E-state index contributed by atoms with van der Waals surface area (Å²) in [5, 5.41) is 1.01. The van der Waals surface area contributed by atoms with E-state index in [0.29, 0.717) is 24.1 Å². The summed E-state index contributed by atoms with van der Waals surface area (Å²) in [5.41, 5.74) is 2.01. The number of amides is 2. The zero-order chi connectivity index (χ0) is 14.3. The van der Waals surface area contributed by atoms with Gasteiger partial charge in [0.1, 0.15) is 0 Å². The largest absolute Gasteiger partial charge is 0.274 e. The fourth-order valence-corrected chi connectivity index (χ4v) is 3.39. The van der Waals surface area contributed by atoms with Crippen LogP contribution in [0, 0.1) is 13.8 Å². The molecule has 2 heterocycles. The van der Waals surface area contributed by atoms with Gasteiger partial charge in [0, 0.05) is 17.8 Å². The lowest BCUT2D eigenvalue weighted by Crippen LogP contribution is -2.31. The predicted octanol–water partition coefficient (Wildman–Crippen LogP) is 2.60. The van der Waals surface area contributed by atoms with Gasteiger partial charge in [0.05, 0.1) is 21.8 Å². The fourth-order valence-electron chi connectivity index (χ4n) is 2.46. The van der Waals surface area contributed by atoms with Crippen LogP contribution in [0.15, 0.2) is 24.3 Å². The second kappa shape index (κ2) is 4.83. The summed E-state index contributed by atoms with van der Waals surface area (Å²) in [4.78, 5) is 31.3. The molecular weight excluding hydrogens is 272 g/mol. The highest BCUT2D eigenvalue weighted by molar-refractivity contribution is 7.11. The first-order chi connectivity index (χ1) is 9.58. The summed E-state index contributed by atoms with van der Waals surface area (Å²) in [7, 11) is 0. The van der Waals surface area contributed by atoms with E-state index in [0.717, 1.165) is 15.6 Å². The molecule has 2 amide bonds. The molecule has 2 aromatic rings. The number of rotatable bonds is 3. The first kappa shape index (κ1) is 13.0. The molecule has 1 aromatic heterocycles. The van der Waals surface area contributed by atoms with Crippen LogP contribution in [-0.2, 0) is 6.42 Å². The van der Waals surface area contributed by atoms with Crippen molar-refractivity contribution in [3.05, 3.63) is 51.0 Å². The van der Waals surface area contributed by atoms with Crippen LogP contribution in [0.3, 0.4) is 0 Å². The van der Waals surface area contributed by atoms with Crippen molar-refractivity contribution < 1.29 is 9.59 Å². The number of hydrogen-bond acceptors (Lipinski definition) is 4. The van der Waals surface area contributed by atoms with Crippen molar-refractivity contribution in [2.75, 3.05) is 6.54 Å². The number of aromatic nitrogens is 1. The molecule has 0 spiro atoms. The topological polar surface area (TPSA) is 50.3 Å². The number of aryl methyl sites for hydroxylation is 2. The summed E-state index contributed by atoms with van der Waals surface area (Å²) in [6, 6.07) is 6.98. The lowest BCUT2D eigenvalue weighted by molar-refractivity contribution is 0.0656. The maximum atomic E-state index is 12.2. The SMILES string of the molecule is Cc1nc(C)c(CCN2C(=O)c3ccccc3C2=O)s1. The number of imide groups is 1. The summed E-state index contributed by atoms with van der Waals surface area (Å²) in [5.74, 6) is -0.381. The molecule has 0 saturated carbocycles. The number of carbonyl (C=O) groups excluding carboxylic acids is 2. The van der Waals surface area contributed by atoms with E-state index in [2.05, 4.69) is 4.98 Å². The molecule has 20 heavy (non-hydrogen) atoms. The zero-order valence-corrected chi connectivity index (χ0v) is 12.2. The monoisotopic (exact) mass is 286 g/mol. The Bertz CT molecular complexity index is 671. The van der Waals surface area contributed by atoms with E-state index in [1.807, 2.05) is 13.8 Å². The molecule has 0 unspecified atom stereocenters. The molecule has 0 atom stereocenters. The predicted molar refractivity (Wildman–Crippen MR) is 77.1 cm³/mol. The minimum atomic E-state index is -0.190. The van der Waals surface area contributed by atoms with Gasteiger partial charge in [-0.05, 0) is 26.0 Å². The fraction of sp³-hybridized carbons (Fsp3) is 0.267. The van der Waals surface area contributed by atoms with Crippen LogP contribution in [0.1, 0.15) is 36.3 Å². The van der Waals surface area contributed by atoms with E-state index in [1.54, 1.807) is 35.6 Å². The lowest BCUT2D eigenvalue weighted by atomic mass is 10.1. The molecule has 0 radical (unpaired) electrons. The molecule has 0 N–H and O–H groups in total. The zero-order valence-electron chi connectivity index (χ0n) is 11.3. The van der Waals surface area contributed by atoms with Crippen LogP contribution in [0.2, 0.25) is 0 Å². The molecule has 4 nitrogen and oxygen atoms in total. The van der Waals surface area contributed by atoms with Gasteiger partial charge >= 0.3 is 0 Å². The van der Waals surface area contributed by atoms with E-state index >= 15 is 0 Å². The van der Waals surface area contributed by atoms with Gasteiger partial charge in [0.25, 0.3) is 11.8 Å². The van der Waals surface area contributed by atoms with Crippen molar-refractivity contribution in [2.24, 2.45) is 0 Å². The van der Waals surface area contributed by atoms with Crippen molar-refractivity contribution in [1.29, 1.82) is 0 Å². The summed E-state index contributed by atoms with van der Waals surface area (Å²) >= 11 is 1.62. The first-order valence-electron chi connectivity index (χ1n) is 6.46. The Balaban J connectivity index is 1.79. The van der Waals surface area contributed by atoms with Crippen LogP contribution in [0.25, 0.3) is 0 Å². The van der Waals surface area contributed by atoms with Crippen molar-refractivity contribution in [3.8, 4) is 0 Å². The average molecular weight is 286 g/mol. The minimum absolute atomic E-state index is 0.190. The Morgan fingerprint density at radius 1 is 1.10 bits per heavy atom. The second-order valence-corrected chi connectivity index (χ2v) is 6.09. The second-order valence-electron chi connectivity index (χ2n) is 4.80. The van der Waals surface area contributed by atoms with Crippen LogP contribution in [0.5, 0.6) is 0 Å². The Labute approximate surface area is 121 Å². The molecule has 1 aliphatic rings. The average Bonchev–Trinajstić information content (AvgIpc) is 2.87. The van der Waals surface area contributed by atoms with E-state index < -0.39 is 0 Å². The number of benzene rings is 1. The van der Waals surface area contributed by atoms with Crippen LogP contribution in [-0.4, -0.2) is 28.2 Å². The van der Waals surface area contributed by atoms with Crippen molar-refractivity contribution in [2.45, 2.75) is 20.3 Å². The Hall–Kier alpha value is -2.01. The van der Waals surface area contributed by atoms with Gasteiger partial charge in [-0.2, -0.15) is 0 Å². The van der Waals surface area contributed by atoms with Gasteiger partial charge < -0.3 is 0 Å². The molecular formula is C15H14N2O2S. The van der Waals surface area contributed by atoms with E-state index in [9.17, 15) is 9.59 Å². The molecule has 0 saturated heterocycles. The lowest BCUT2D eigenvalue weighted by Gasteiger charge is -2.12. The number of nitrogens with zero attached hydrogens (tertiary/aromatic N) is 2. The highest BCUT2D eigenvalue weighted by Crippen LogP contribution is 2.24. The minimum Gasteiger partial charge on any atom is -0.274 e. The molecule has 3 rings (SSSR count). The number of carbonyl (C=O) groups is 2. The molecule has 0 fully saturated rings.